The van der Waals surface area contributed by atoms with Crippen molar-refractivity contribution in [2.24, 2.45) is 0 Å². The van der Waals surface area contributed by atoms with Gasteiger partial charge in [-0.1, -0.05) is 15.9 Å². The van der Waals surface area contributed by atoms with Crippen LogP contribution in [0.15, 0.2) is 22.7 Å². The molecule has 0 radical (unpaired) electrons. The molecule has 1 fully saturated rings. The summed E-state index contributed by atoms with van der Waals surface area (Å²) in [7, 11) is 0. The Balaban J connectivity index is 2.08. The minimum Gasteiger partial charge on any atom is -0.479 e. The van der Waals surface area contributed by atoms with Crippen LogP contribution in [-0.4, -0.2) is 45.7 Å². The number of hydrogen-bond donors (Lipinski definition) is 2. The standard InChI is InChI=1S/C14H16BrNO4/c1-9-8-10(2-3-11(9)15)12(17)16-6-4-14(20,5-7-16)13(18)19/h2-3,8,20H,4-7H2,1H3,(H,18,19). The van der Waals surface area contributed by atoms with E-state index in [0.717, 1.165) is 10.0 Å². The first kappa shape index (κ1) is 15.0. The molecule has 1 aromatic carbocycles. The predicted octanol–water partition coefficient (Wildman–Crippen LogP) is 1.81. The number of halogens is 1. The van der Waals surface area contributed by atoms with Gasteiger partial charge in [-0.25, -0.2) is 4.79 Å². The molecule has 1 saturated heterocycles. The van der Waals surface area contributed by atoms with Gasteiger partial charge in [-0.05, 0) is 30.7 Å². The molecule has 1 amide bonds. The molecule has 108 valence electrons. The topological polar surface area (TPSA) is 77.8 Å². The Morgan fingerprint density at radius 1 is 1.30 bits per heavy atom. The number of aliphatic carboxylic acids is 1. The Morgan fingerprint density at radius 2 is 1.90 bits per heavy atom. The van der Waals surface area contributed by atoms with Crippen LogP contribution in [0.25, 0.3) is 0 Å². The molecule has 1 aliphatic rings. The van der Waals surface area contributed by atoms with Crippen LogP contribution in [-0.2, 0) is 4.79 Å². The number of carboxylic acids is 1. The summed E-state index contributed by atoms with van der Waals surface area (Å²) in [6, 6.07) is 5.35. The summed E-state index contributed by atoms with van der Waals surface area (Å²) in [6.07, 6.45) is 0.118. The Kier molecular flexibility index (Phi) is 4.15. The fraction of sp³-hybridized carbons (Fsp3) is 0.429. The van der Waals surface area contributed by atoms with E-state index in [1.165, 1.54) is 0 Å². The lowest BCUT2D eigenvalue weighted by Gasteiger charge is -2.35. The highest BCUT2D eigenvalue weighted by Gasteiger charge is 2.40. The van der Waals surface area contributed by atoms with Crippen molar-refractivity contribution in [2.75, 3.05) is 13.1 Å². The number of benzene rings is 1. The van der Waals surface area contributed by atoms with Gasteiger partial charge in [-0.15, -0.1) is 0 Å². The molecule has 1 aromatic rings. The zero-order valence-electron chi connectivity index (χ0n) is 11.1. The summed E-state index contributed by atoms with van der Waals surface area (Å²) in [5.41, 5.74) is -0.159. The third kappa shape index (κ3) is 2.86. The Bertz CT molecular complexity index is 550. The lowest BCUT2D eigenvalue weighted by molar-refractivity contribution is -0.162. The first-order valence-electron chi connectivity index (χ1n) is 6.35. The first-order valence-corrected chi connectivity index (χ1v) is 7.14. The molecule has 0 atom stereocenters. The molecule has 2 rings (SSSR count). The lowest BCUT2D eigenvalue weighted by Crippen LogP contribution is -2.50. The molecular weight excluding hydrogens is 326 g/mol. The number of aryl methyl sites for hydroxylation is 1. The molecule has 0 aromatic heterocycles. The van der Waals surface area contributed by atoms with Gasteiger partial charge in [-0.2, -0.15) is 0 Å². The third-order valence-corrected chi connectivity index (χ3v) is 4.57. The monoisotopic (exact) mass is 341 g/mol. The molecule has 20 heavy (non-hydrogen) atoms. The van der Waals surface area contributed by atoms with Crippen molar-refractivity contribution >= 4 is 27.8 Å². The van der Waals surface area contributed by atoms with Crippen molar-refractivity contribution in [3.05, 3.63) is 33.8 Å². The van der Waals surface area contributed by atoms with Crippen molar-refractivity contribution in [1.82, 2.24) is 4.90 Å². The number of hydrogen-bond acceptors (Lipinski definition) is 3. The van der Waals surface area contributed by atoms with E-state index in [9.17, 15) is 14.7 Å². The lowest BCUT2D eigenvalue weighted by atomic mass is 9.91. The van der Waals surface area contributed by atoms with E-state index in [2.05, 4.69) is 15.9 Å². The number of carboxylic acid groups (broad SMARTS) is 1. The number of carbonyl (C=O) groups is 2. The maximum absolute atomic E-state index is 12.3. The quantitative estimate of drug-likeness (QED) is 0.859. The summed E-state index contributed by atoms with van der Waals surface area (Å²) < 4.78 is 0.938. The summed E-state index contributed by atoms with van der Waals surface area (Å²) in [5.74, 6) is -1.35. The van der Waals surface area contributed by atoms with Crippen LogP contribution in [0.3, 0.4) is 0 Å². The van der Waals surface area contributed by atoms with E-state index >= 15 is 0 Å². The van der Waals surface area contributed by atoms with Crippen LogP contribution in [0, 0.1) is 6.92 Å². The Labute approximate surface area is 125 Å². The summed E-state index contributed by atoms with van der Waals surface area (Å²) in [6.45, 7) is 2.40. The zero-order valence-corrected chi connectivity index (χ0v) is 12.7. The molecule has 0 saturated carbocycles. The third-order valence-electron chi connectivity index (χ3n) is 3.68. The maximum atomic E-state index is 12.3. The molecule has 1 aliphatic heterocycles. The zero-order chi connectivity index (χ0) is 14.9. The smallest absolute Gasteiger partial charge is 0.335 e. The average molecular weight is 342 g/mol. The van der Waals surface area contributed by atoms with Gasteiger partial charge in [0, 0.05) is 36.0 Å². The van der Waals surface area contributed by atoms with Gasteiger partial charge in [-0.3, -0.25) is 4.79 Å². The number of carbonyl (C=O) groups excluding carboxylic acids is 1. The summed E-state index contributed by atoms with van der Waals surface area (Å²) >= 11 is 3.38. The molecule has 0 unspecified atom stereocenters. The minimum atomic E-state index is -1.70. The number of aliphatic hydroxyl groups is 1. The minimum absolute atomic E-state index is 0.0591. The van der Waals surface area contributed by atoms with Crippen LogP contribution < -0.4 is 0 Å². The van der Waals surface area contributed by atoms with E-state index < -0.39 is 11.6 Å². The number of likely N-dealkylation sites (tertiary alicyclic amines) is 1. The number of amides is 1. The molecule has 6 heteroatoms. The van der Waals surface area contributed by atoms with Crippen molar-refractivity contribution in [2.45, 2.75) is 25.4 Å². The first-order chi connectivity index (χ1) is 9.33. The Morgan fingerprint density at radius 3 is 2.40 bits per heavy atom. The van der Waals surface area contributed by atoms with Crippen molar-refractivity contribution < 1.29 is 19.8 Å². The summed E-state index contributed by atoms with van der Waals surface area (Å²) in [5, 5.41) is 18.8. The van der Waals surface area contributed by atoms with Crippen LogP contribution in [0.4, 0.5) is 0 Å². The predicted molar refractivity (Wildman–Crippen MR) is 76.6 cm³/mol. The second kappa shape index (κ2) is 5.54. The van der Waals surface area contributed by atoms with Crippen LogP contribution in [0.2, 0.25) is 0 Å². The number of rotatable bonds is 2. The fourth-order valence-corrected chi connectivity index (χ4v) is 2.50. The van der Waals surface area contributed by atoms with Crippen LogP contribution >= 0.6 is 15.9 Å². The van der Waals surface area contributed by atoms with Gasteiger partial charge in [0.05, 0.1) is 0 Å². The maximum Gasteiger partial charge on any atom is 0.335 e. The van der Waals surface area contributed by atoms with Gasteiger partial charge in [0.1, 0.15) is 0 Å². The highest BCUT2D eigenvalue weighted by atomic mass is 79.9. The second-order valence-corrected chi connectivity index (χ2v) is 5.95. The molecule has 0 spiro atoms. The molecule has 5 nitrogen and oxygen atoms in total. The van der Waals surface area contributed by atoms with Gasteiger partial charge < -0.3 is 15.1 Å². The highest BCUT2D eigenvalue weighted by Crippen LogP contribution is 2.24. The molecule has 2 N–H and O–H groups in total. The molecular formula is C14H16BrNO4. The number of nitrogens with zero attached hydrogens (tertiary/aromatic N) is 1. The van der Waals surface area contributed by atoms with Crippen molar-refractivity contribution in [3.63, 3.8) is 0 Å². The second-order valence-electron chi connectivity index (χ2n) is 5.09. The SMILES string of the molecule is Cc1cc(C(=O)N2CCC(O)(C(=O)O)CC2)ccc1Br. The largest absolute Gasteiger partial charge is 0.479 e. The molecule has 0 bridgehead atoms. The van der Waals surface area contributed by atoms with E-state index in [4.69, 9.17) is 5.11 Å². The van der Waals surface area contributed by atoms with Crippen molar-refractivity contribution in [1.29, 1.82) is 0 Å². The fourth-order valence-electron chi connectivity index (χ4n) is 2.25. The van der Waals surface area contributed by atoms with Gasteiger partial charge in [0.25, 0.3) is 5.91 Å². The average Bonchev–Trinajstić information content (AvgIpc) is 2.42. The molecule has 0 aliphatic carbocycles. The van der Waals surface area contributed by atoms with Gasteiger partial charge >= 0.3 is 5.97 Å². The van der Waals surface area contributed by atoms with E-state index in [1.54, 1.807) is 17.0 Å². The van der Waals surface area contributed by atoms with Gasteiger partial charge in [0.15, 0.2) is 5.60 Å². The van der Waals surface area contributed by atoms with E-state index in [0.29, 0.717) is 5.56 Å². The Hall–Kier alpha value is -1.40. The summed E-state index contributed by atoms with van der Waals surface area (Å²) in [4.78, 5) is 24.9. The number of piperidine rings is 1. The van der Waals surface area contributed by atoms with E-state index in [1.807, 2.05) is 13.0 Å². The highest BCUT2D eigenvalue weighted by molar-refractivity contribution is 9.10. The van der Waals surface area contributed by atoms with E-state index in [-0.39, 0.29) is 31.8 Å². The van der Waals surface area contributed by atoms with Crippen LogP contribution in [0.5, 0.6) is 0 Å². The molecule has 1 heterocycles. The van der Waals surface area contributed by atoms with Gasteiger partial charge in [0.2, 0.25) is 0 Å². The normalized spacial score (nSPS) is 17.9. The van der Waals surface area contributed by atoms with Crippen LogP contribution in [0.1, 0.15) is 28.8 Å². The van der Waals surface area contributed by atoms with Crippen molar-refractivity contribution in [3.8, 4) is 0 Å².